The first-order valence-electron chi connectivity index (χ1n) is 23.8. The molecule has 3 heterocycles. The van der Waals surface area contributed by atoms with Crippen LogP contribution in [-0.2, 0) is 36.7 Å². The van der Waals surface area contributed by atoms with Gasteiger partial charge in [-0.2, -0.15) is 18.4 Å². The van der Waals surface area contributed by atoms with Gasteiger partial charge in [0.15, 0.2) is 5.11 Å². The van der Waals surface area contributed by atoms with Crippen molar-refractivity contribution in [2.75, 3.05) is 23.0 Å². The summed E-state index contributed by atoms with van der Waals surface area (Å²) >= 11 is 7.10. The molecule has 14 nitrogen and oxygen atoms in total. The number of nitrogens with zero attached hydrogens (tertiary/aromatic N) is 5. The number of aliphatic hydroxyl groups excluding tert-OH is 1. The van der Waals surface area contributed by atoms with Gasteiger partial charge in [-0.1, -0.05) is 63.2 Å². The van der Waals surface area contributed by atoms with Crippen molar-refractivity contribution >= 4 is 69.5 Å². The number of carbonyl (C=O) groups is 5. The number of amides is 4. The average molecular weight is 1050 g/mol. The third-order valence-electron chi connectivity index (χ3n) is 12.9. The molecule has 0 radical (unpaired) electrons. The number of likely N-dealkylation sites (tertiary alicyclic amines) is 1. The van der Waals surface area contributed by atoms with Crippen molar-refractivity contribution in [1.29, 1.82) is 5.26 Å². The molecule has 7 rings (SSSR count). The lowest BCUT2D eigenvalue weighted by Crippen LogP contribution is -2.57. The highest BCUT2D eigenvalue weighted by Crippen LogP contribution is 2.41. The van der Waals surface area contributed by atoms with E-state index in [4.69, 9.17) is 17.0 Å². The molecule has 3 atom stereocenters. The number of hydrogen-bond acceptors (Lipinski definition) is 11. The van der Waals surface area contributed by atoms with E-state index < -0.39 is 75.9 Å². The second-order valence-corrected chi connectivity index (χ2v) is 21.0. The minimum Gasteiger partial charge on any atom is -0.494 e. The molecule has 2 saturated heterocycles. The topological polar surface area (TPSA) is 185 Å². The second kappa shape index (κ2) is 22.2. The van der Waals surface area contributed by atoms with Crippen LogP contribution in [0.5, 0.6) is 5.75 Å². The zero-order chi connectivity index (χ0) is 53.9. The molecule has 20 heteroatoms. The maximum atomic E-state index is 15.9. The van der Waals surface area contributed by atoms with Crippen LogP contribution in [0.2, 0.25) is 0 Å². The molecule has 4 aromatic carbocycles. The highest BCUT2D eigenvalue weighted by atomic mass is 32.1. The molecule has 0 bridgehead atoms. The lowest BCUT2D eigenvalue weighted by molar-refractivity contribution is -0.144. The van der Waals surface area contributed by atoms with Crippen LogP contribution in [0.25, 0.3) is 21.6 Å². The van der Waals surface area contributed by atoms with Gasteiger partial charge in [0.2, 0.25) is 17.7 Å². The predicted molar refractivity (Wildman–Crippen MR) is 275 cm³/mol. The van der Waals surface area contributed by atoms with Crippen LogP contribution in [0.4, 0.5) is 28.9 Å². The zero-order valence-corrected chi connectivity index (χ0v) is 43.1. The molecule has 5 aromatic rings. The fraction of sp³-hybridized carbons (Fsp3) is 0.370. The normalized spacial score (nSPS) is 17.0. The lowest BCUT2D eigenvalue weighted by Gasteiger charge is -2.35. The molecule has 0 spiro atoms. The Hall–Kier alpha value is -7.08. The van der Waals surface area contributed by atoms with Gasteiger partial charge in [-0.05, 0) is 110 Å². The molecule has 74 heavy (non-hydrogen) atoms. The minimum absolute atomic E-state index is 0.0435. The summed E-state index contributed by atoms with van der Waals surface area (Å²) in [7, 11) is 0. The third kappa shape index (κ3) is 12.1. The van der Waals surface area contributed by atoms with Gasteiger partial charge in [0.05, 0.1) is 57.4 Å². The Labute approximate surface area is 435 Å². The Morgan fingerprint density at radius 2 is 1.64 bits per heavy atom. The Bertz CT molecular complexity index is 3000. The van der Waals surface area contributed by atoms with Crippen LogP contribution in [0, 0.1) is 29.5 Å². The number of nitriles is 1. The van der Waals surface area contributed by atoms with Crippen LogP contribution < -0.4 is 25.2 Å². The highest BCUT2D eigenvalue weighted by Gasteiger charge is 2.51. The largest absolute Gasteiger partial charge is 0.494 e. The lowest BCUT2D eigenvalue weighted by atomic mass is 9.85. The van der Waals surface area contributed by atoms with Gasteiger partial charge in [-0.3, -0.25) is 28.9 Å². The van der Waals surface area contributed by atoms with Crippen LogP contribution in [0.1, 0.15) is 89.1 Å². The summed E-state index contributed by atoms with van der Waals surface area (Å²) in [6, 6.07) is 21.1. The summed E-state index contributed by atoms with van der Waals surface area (Å²) in [6.07, 6.45) is -5.53. The number of aromatic nitrogens is 1. The van der Waals surface area contributed by atoms with E-state index in [-0.39, 0.29) is 67.7 Å². The number of alkyl halides is 3. The van der Waals surface area contributed by atoms with Crippen LogP contribution in [0.3, 0.4) is 0 Å². The van der Waals surface area contributed by atoms with E-state index in [9.17, 15) is 47.5 Å². The van der Waals surface area contributed by atoms with Crippen molar-refractivity contribution in [1.82, 2.24) is 20.5 Å². The quantitative estimate of drug-likeness (QED) is 0.0459. The van der Waals surface area contributed by atoms with Crippen molar-refractivity contribution in [2.24, 2.45) is 5.41 Å². The number of anilines is 2. The third-order valence-corrected chi connectivity index (χ3v) is 14.3. The van der Waals surface area contributed by atoms with E-state index in [1.165, 1.54) is 47.9 Å². The highest BCUT2D eigenvalue weighted by molar-refractivity contribution is 7.81. The van der Waals surface area contributed by atoms with E-state index in [0.717, 1.165) is 32.7 Å². The van der Waals surface area contributed by atoms with Crippen molar-refractivity contribution < 1.29 is 51.4 Å². The summed E-state index contributed by atoms with van der Waals surface area (Å²) in [5.41, 5.74) is 1.26. The number of thiazole rings is 1. The molecule has 0 saturated carbocycles. The molecular formula is C54H55F4N7O7S2. The zero-order valence-electron chi connectivity index (χ0n) is 41.5. The van der Waals surface area contributed by atoms with Gasteiger partial charge in [0.25, 0.3) is 5.91 Å². The Morgan fingerprint density at radius 3 is 2.26 bits per heavy atom. The van der Waals surface area contributed by atoms with E-state index in [0.29, 0.717) is 29.4 Å². The first-order valence-corrected chi connectivity index (χ1v) is 25.1. The summed E-state index contributed by atoms with van der Waals surface area (Å²) in [4.78, 5) is 76.0. The van der Waals surface area contributed by atoms with E-state index >= 15 is 4.39 Å². The number of ether oxygens (including phenoxy) is 1. The van der Waals surface area contributed by atoms with Crippen LogP contribution in [-0.4, -0.2) is 86.4 Å². The fourth-order valence-electron chi connectivity index (χ4n) is 8.89. The molecule has 0 aliphatic carbocycles. The number of hydrogen-bond donors (Lipinski definition) is 3. The van der Waals surface area contributed by atoms with Gasteiger partial charge >= 0.3 is 6.18 Å². The van der Waals surface area contributed by atoms with Crippen molar-refractivity contribution in [3.05, 3.63) is 119 Å². The van der Waals surface area contributed by atoms with Crippen molar-refractivity contribution in [3.8, 4) is 33.4 Å². The van der Waals surface area contributed by atoms with E-state index in [1.807, 2.05) is 31.2 Å². The number of aryl methyl sites for hydroxylation is 1. The average Bonchev–Trinajstić information content (AvgIpc) is 4.02. The smallest absolute Gasteiger partial charge is 0.417 e. The summed E-state index contributed by atoms with van der Waals surface area (Å²) in [5.74, 6) is -2.58. The molecule has 2 aliphatic heterocycles. The Morgan fingerprint density at radius 1 is 0.959 bits per heavy atom. The second-order valence-electron chi connectivity index (χ2n) is 19.8. The summed E-state index contributed by atoms with van der Waals surface area (Å²) < 4.78 is 63.1. The van der Waals surface area contributed by atoms with E-state index in [2.05, 4.69) is 15.6 Å². The number of rotatable bonds is 17. The number of Topliss-reactive ketones (excluding diaryl/α,β-unsaturated/α-hetero) is 1. The van der Waals surface area contributed by atoms with Crippen molar-refractivity contribution in [3.63, 3.8) is 0 Å². The number of nitrogens with one attached hydrogen (secondary N) is 2. The fourth-order valence-corrected chi connectivity index (χ4v) is 10.2. The standard InChI is InChI=1S/C54H55F4N7O7S2/c1-31-46(74-30-61-31)34-11-9-32(10-12-34)28-60-48(69)44-26-39(67)29-63(44)49(70)47(52(2,3)4)62-45(68)22-18-38(66)8-7-23-72-40-19-14-33(15-20-40)35-16-21-43(42(55)24-35)65-51(73)64(50(71)53(65,5)6)37-17-13-36(27-59)41(25-37)54(56,57)58/h9-17,19-21,24-25,30,39,44,47,67H,7-8,18,22-23,26,28-29H2,1-6H3,(H,60,69)(H,62,68)/t39-,44+,47-/m1/s1. The first-order chi connectivity index (χ1) is 34.9. The van der Waals surface area contributed by atoms with Gasteiger partial charge in [-0.15, -0.1) is 11.3 Å². The minimum atomic E-state index is -4.88. The number of benzene rings is 4. The SMILES string of the molecule is Cc1ncsc1-c1ccc(CNC(=O)[C@@H]2C[C@@H](O)CN2C(=O)[C@@H](NC(=O)CCC(=O)CCCOc2ccc(-c3ccc(N4C(=S)N(c5ccc(C#N)c(C(F)(F)F)c5)C(=O)C4(C)C)c(F)c3)cc2)C(C)(C)C)cc1. The number of carbonyl (C=O) groups excluding carboxylic acids is 5. The van der Waals surface area contributed by atoms with Crippen molar-refractivity contribution in [2.45, 2.75) is 110 Å². The maximum absolute atomic E-state index is 15.9. The Kier molecular flexibility index (Phi) is 16.4. The molecule has 2 fully saturated rings. The molecule has 3 N–H and O–H groups in total. The number of thiocarbonyl (C=S) groups is 1. The van der Waals surface area contributed by atoms with Crippen LogP contribution in [0.15, 0.2) is 90.4 Å². The predicted octanol–water partition coefficient (Wildman–Crippen LogP) is 9.05. The molecule has 2 aliphatic rings. The number of aliphatic hydroxyl groups is 1. The number of halogens is 4. The summed E-state index contributed by atoms with van der Waals surface area (Å²) in [5, 5.41) is 25.2. The number of ketones is 1. The molecular weight excluding hydrogens is 999 g/mol. The molecule has 388 valence electrons. The molecule has 0 unspecified atom stereocenters. The number of β-amino-alcohol motifs (C(OH)–C–C–N with tert-alkyl or cyclic N) is 1. The van der Waals surface area contributed by atoms with Gasteiger partial charge in [0, 0.05) is 38.8 Å². The summed E-state index contributed by atoms with van der Waals surface area (Å²) in [6.45, 7) is 10.5. The van der Waals surface area contributed by atoms with Gasteiger partial charge in [0.1, 0.15) is 35.0 Å². The van der Waals surface area contributed by atoms with Gasteiger partial charge in [-0.25, -0.2) is 9.37 Å². The molecule has 1 aromatic heterocycles. The monoisotopic (exact) mass is 1050 g/mol. The molecule has 4 amide bonds. The van der Waals surface area contributed by atoms with Gasteiger partial charge < -0.3 is 30.3 Å². The maximum Gasteiger partial charge on any atom is 0.417 e. The van der Waals surface area contributed by atoms with Crippen LogP contribution >= 0.6 is 23.6 Å². The Balaban J connectivity index is 0.868. The first kappa shape index (κ1) is 54.7. The van der Waals surface area contributed by atoms with E-state index in [1.54, 1.807) is 68.0 Å².